The Bertz CT molecular complexity index is 178. The maximum Gasteiger partial charge on any atom is 0.204 e. The third-order valence-corrected chi connectivity index (χ3v) is 0.667. The number of hydrogen-bond donors (Lipinski definition) is 1. The number of benzene rings is 1. The predicted molar refractivity (Wildman–Crippen MR) is 59.3 cm³/mol. The zero-order valence-corrected chi connectivity index (χ0v) is 8.97. The minimum Gasteiger partial charge on any atom is -0.372 e. The molecule has 1 aromatic carbocycles. The Labute approximate surface area is 86.2 Å². The van der Waals surface area contributed by atoms with Gasteiger partial charge >= 0.3 is 0 Å². The van der Waals surface area contributed by atoms with E-state index < -0.39 is 0 Å². The predicted octanol–water partition coefficient (Wildman–Crippen LogP) is 2.34. The molecule has 0 spiro atoms. The average molecular weight is 194 g/mol. The van der Waals surface area contributed by atoms with Crippen molar-refractivity contribution in [3.63, 3.8) is 0 Å². The number of nitrogens with zero attached hydrogens (tertiary/aromatic N) is 1. The lowest BCUT2D eigenvalue weighted by Crippen LogP contribution is -1.82. The van der Waals surface area contributed by atoms with Gasteiger partial charge in [-0.2, -0.15) is 5.26 Å². The molecule has 0 atom stereocenters. The third kappa shape index (κ3) is 49.1. The van der Waals surface area contributed by atoms with Gasteiger partial charge in [-0.05, 0) is 0 Å². The molecule has 0 aromatic heterocycles. The van der Waals surface area contributed by atoms with Crippen LogP contribution >= 0.6 is 0 Å². The fourth-order valence-electron chi connectivity index (χ4n) is 0.385. The highest BCUT2D eigenvalue weighted by molar-refractivity contribution is 5.42. The van der Waals surface area contributed by atoms with Crippen molar-refractivity contribution in [2.75, 3.05) is 0 Å². The molecule has 3 nitrogen and oxygen atoms in total. The van der Waals surface area contributed by atoms with E-state index in [1.165, 1.54) is 6.92 Å². The molecule has 0 heterocycles. The standard InChI is InChI=1S/C6H6.C2H3N.C2H6.CH3NO/c1-2-4-6-5-3-1;1-2-3;1-2;2-1-3/h1-6H;1H3;1-2H3;1H,(H2,2,3). The Morgan fingerprint density at radius 3 is 1.21 bits per heavy atom. The second-order valence-electron chi connectivity index (χ2n) is 1.51. The summed E-state index contributed by atoms with van der Waals surface area (Å²) in [6.07, 6.45) is 0.250. The fourth-order valence-corrected chi connectivity index (χ4v) is 0.385. The van der Waals surface area contributed by atoms with Crippen LogP contribution in [0, 0.1) is 11.3 Å². The molecular formula is C11H18N2O. The molecule has 0 saturated heterocycles. The average Bonchev–Trinajstić information content (AvgIpc) is 2.26. The normalized spacial score (nSPS) is 5.29. The van der Waals surface area contributed by atoms with Gasteiger partial charge in [0.2, 0.25) is 6.41 Å². The van der Waals surface area contributed by atoms with E-state index in [9.17, 15) is 0 Å². The fraction of sp³-hybridized carbons (Fsp3) is 0.273. The highest BCUT2D eigenvalue weighted by atomic mass is 16.1. The van der Waals surface area contributed by atoms with Crippen LogP contribution in [0.5, 0.6) is 0 Å². The maximum atomic E-state index is 8.58. The summed E-state index contributed by atoms with van der Waals surface area (Å²) in [6, 6.07) is 13.8. The van der Waals surface area contributed by atoms with Gasteiger partial charge in [-0.25, -0.2) is 0 Å². The molecule has 0 unspecified atom stereocenters. The molecule has 1 amide bonds. The third-order valence-electron chi connectivity index (χ3n) is 0.667. The number of hydrogen-bond acceptors (Lipinski definition) is 2. The van der Waals surface area contributed by atoms with E-state index in [1.807, 2.05) is 50.2 Å². The van der Waals surface area contributed by atoms with Crippen molar-refractivity contribution in [3.05, 3.63) is 36.4 Å². The van der Waals surface area contributed by atoms with Crippen molar-refractivity contribution < 1.29 is 4.79 Å². The van der Waals surface area contributed by atoms with E-state index in [2.05, 4.69) is 5.73 Å². The first kappa shape index (κ1) is 18.1. The number of carbonyl (C=O) groups is 1. The number of nitriles is 1. The Morgan fingerprint density at radius 1 is 1.07 bits per heavy atom. The Balaban J connectivity index is -0.000000132. The first-order chi connectivity index (χ1) is 6.83. The van der Waals surface area contributed by atoms with Gasteiger partial charge in [0.25, 0.3) is 0 Å². The second kappa shape index (κ2) is 30.3. The summed E-state index contributed by atoms with van der Waals surface area (Å²) < 4.78 is 0. The number of carbonyl (C=O) groups excluding carboxylic acids is 1. The van der Waals surface area contributed by atoms with Crippen molar-refractivity contribution in [1.82, 2.24) is 0 Å². The van der Waals surface area contributed by atoms with Crippen LogP contribution in [0.1, 0.15) is 20.8 Å². The lowest BCUT2D eigenvalue weighted by atomic mass is 10.4. The summed E-state index contributed by atoms with van der Waals surface area (Å²) in [5, 5.41) is 7.32. The van der Waals surface area contributed by atoms with Crippen LogP contribution in [0.4, 0.5) is 0 Å². The summed E-state index contributed by atoms with van der Waals surface area (Å²) in [5.41, 5.74) is 4.17. The van der Waals surface area contributed by atoms with Gasteiger partial charge in [-0.15, -0.1) is 0 Å². The quantitative estimate of drug-likeness (QED) is 0.644. The van der Waals surface area contributed by atoms with Crippen molar-refractivity contribution in [1.29, 1.82) is 5.26 Å². The largest absolute Gasteiger partial charge is 0.372 e. The van der Waals surface area contributed by atoms with Crippen molar-refractivity contribution in [2.45, 2.75) is 20.8 Å². The molecular weight excluding hydrogens is 176 g/mol. The highest BCUT2D eigenvalue weighted by Crippen LogP contribution is 1.79. The zero-order valence-electron chi connectivity index (χ0n) is 8.97. The molecule has 2 N–H and O–H groups in total. The lowest BCUT2D eigenvalue weighted by Gasteiger charge is -1.69. The van der Waals surface area contributed by atoms with Gasteiger partial charge in [0, 0.05) is 6.92 Å². The van der Waals surface area contributed by atoms with Crippen LogP contribution in [-0.2, 0) is 4.79 Å². The van der Waals surface area contributed by atoms with Crippen LogP contribution in [0.2, 0.25) is 0 Å². The Kier molecular flexibility index (Phi) is 39.1. The van der Waals surface area contributed by atoms with Crippen molar-refractivity contribution in [2.24, 2.45) is 5.73 Å². The number of rotatable bonds is 0. The van der Waals surface area contributed by atoms with E-state index >= 15 is 0 Å². The Hall–Kier alpha value is -1.82. The Morgan fingerprint density at radius 2 is 1.14 bits per heavy atom. The zero-order chi connectivity index (χ0) is 11.7. The molecule has 1 rings (SSSR count). The van der Waals surface area contributed by atoms with Gasteiger partial charge in [-0.1, -0.05) is 50.2 Å². The molecule has 0 saturated carbocycles. The molecule has 0 aliphatic heterocycles. The first-order valence-electron chi connectivity index (χ1n) is 4.29. The highest BCUT2D eigenvalue weighted by Gasteiger charge is 1.57. The molecule has 0 aliphatic carbocycles. The summed E-state index contributed by atoms with van der Waals surface area (Å²) >= 11 is 0. The van der Waals surface area contributed by atoms with E-state index in [0.29, 0.717) is 0 Å². The first-order valence-corrected chi connectivity index (χ1v) is 4.29. The van der Waals surface area contributed by atoms with E-state index in [1.54, 1.807) is 6.07 Å². The number of amides is 1. The lowest BCUT2D eigenvalue weighted by molar-refractivity contribution is -0.106. The summed E-state index contributed by atoms with van der Waals surface area (Å²) in [5.74, 6) is 0. The van der Waals surface area contributed by atoms with Crippen LogP contribution in [0.15, 0.2) is 36.4 Å². The van der Waals surface area contributed by atoms with Crippen LogP contribution in [-0.4, -0.2) is 6.41 Å². The van der Waals surface area contributed by atoms with E-state index in [-0.39, 0.29) is 6.41 Å². The van der Waals surface area contributed by atoms with E-state index in [0.717, 1.165) is 0 Å². The van der Waals surface area contributed by atoms with Crippen molar-refractivity contribution in [3.8, 4) is 6.07 Å². The number of primary amides is 1. The van der Waals surface area contributed by atoms with Gasteiger partial charge in [0.1, 0.15) is 0 Å². The van der Waals surface area contributed by atoms with Crippen LogP contribution < -0.4 is 5.73 Å². The molecule has 14 heavy (non-hydrogen) atoms. The summed E-state index contributed by atoms with van der Waals surface area (Å²) in [7, 11) is 0. The SMILES string of the molecule is CC.CC#N.NC=O.c1ccccc1. The molecule has 0 fully saturated rings. The molecule has 1 aromatic rings. The summed E-state index contributed by atoms with van der Waals surface area (Å²) in [6.45, 7) is 5.43. The topological polar surface area (TPSA) is 66.9 Å². The molecule has 0 bridgehead atoms. The second-order valence-corrected chi connectivity index (χ2v) is 1.51. The maximum absolute atomic E-state index is 8.58. The van der Waals surface area contributed by atoms with Gasteiger partial charge in [0.05, 0.1) is 6.07 Å². The van der Waals surface area contributed by atoms with Crippen LogP contribution in [0.3, 0.4) is 0 Å². The van der Waals surface area contributed by atoms with Crippen molar-refractivity contribution >= 4 is 6.41 Å². The number of nitrogens with two attached hydrogens (primary N) is 1. The van der Waals surface area contributed by atoms with Gasteiger partial charge in [-0.3, -0.25) is 4.79 Å². The van der Waals surface area contributed by atoms with Crippen LogP contribution in [0.25, 0.3) is 0 Å². The smallest absolute Gasteiger partial charge is 0.204 e. The molecule has 0 aliphatic rings. The van der Waals surface area contributed by atoms with E-state index in [4.69, 9.17) is 10.1 Å². The minimum atomic E-state index is 0.250. The van der Waals surface area contributed by atoms with Gasteiger partial charge in [0.15, 0.2) is 0 Å². The van der Waals surface area contributed by atoms with Gasteiger partial charge < -0.3 is 5.73 Å². The molecule has 78 valence electrons. The minimum absolute atomic E-state index is 0.250. The molecule has 3 heteroatoms. The monoisotopic (exact) mass is 194 g/mol. The molecule has 0 radical (unpaired) electrons. The summed E-state index contributed by atoms with van der Waals surface area (Å²) in [4.78, 5) is 8.58.